The fraction of sp³-hybridized carbons (Fsp3) is 0.440. The van der Waals surface area contributed by atoms with E-state index in [1.807, 2.05) is 48.5 Å². The molecule has 0 saturated carbocycles. The van der Waals surface area contributed by atoms with Crippen LogP contribution < -0.4 is 5.32 Å². The van der Waals surface area contributed by atoms with Crippen LogP contribution in [0.2, 0.25) is 0 Å². The Morgan fingerprint density at radius 1 is 1.00 bits per heavy atom. The highest BCUT2D eigenvalue weighted by molar-refractivity contribution is 5.77. The molecule has 1 heterocycles. The predicted molar refractivity (Wildman–Crippen MR) is 123 cm³/mol. The molecular weight excluding hydrogens is 406 g/mol. The Morgan fingerprint density at radius 3 is 2.38 bits per heavy atom. The highest BCUT2D eigenvalue weighted by Crippen LogP contribution is 2.14. The second kappa shape index (κ2) is 12.8. The molecule has 0 radical (unpaired) electrons. The lowest BCUT2D eigenvalue weighted by Gasteiger charge is -2.30. The second-order valence-electron chi connectivity index (χ2n) is 8.07. The Labute approximate surface area is 190 Å². The van der Waals surface area contributed by atoms with E-state index >= 15 is 0 Å². The van der Waals surface area contributed by atoms with Crippen molar-refractivity contribution in [3.05, 3.63) is 71.8 Å². The first-order chi connectivity index (χ1) is 15.7. The van der Waals surface area contributed by atoms with Gasteiger partial charge in [0.25, 0.3) is 0 Å². The first kappa shape index (κ1) is 23.8. The number of hydrogen-bond acceptors (Lipinski definition) is 5. The third-order valence-electron chi connectivity index (χ3n) is 5.72. The number of benzene rings is 2. The van der Waals surface area contributed by atoms with Gasteiger partial charge in [0, 0.05) is 39.1 Å². The molecular formula is C25H33N3O4. The molecule has 2 aromatic rings. The predicted octanol–water partition coefficient (Wildman–Crippen LogP) is 2.79. The van der Waals surface area contributed by atoms with E-state index in [2.05, 4.69) is 22.3 Å². The van der Waals surface area contributed by atoms with E-state index in [0.717, 1.165) is 25.2 Å². The monoisotopic (exact) mass is 439 g/mol. The Balaban J connectivity index is 1.38. The topological polar surface area (TPSA) is 82.1 Å². The van der Waals surface area contributed by atoms with Gasteiger partial charge in [-0.25, -0.2) is 4.79 Å². The van der Waals surface area contributed by atoms with Crippen molar-refractivity contribution in [2.45, 2.75) is 38.5 Å². The number of aliphatic hydroxyl groups excluding tert-OH is 1. The van der Waals surface area contributed by atoms with Crippen LogP contribution in [0.1, 0.15) is 30.4 Å². The van der Waals surface area contributed by atoms with E-state index < -0.39 is 6.09 Å². The van der Waals surface area contributed by atoms with E-state index in [9.17, 15) is 14.7 Å². The fourth-order valence-electron chi connectivity index (χ4n) is 3.92. The number of carbonyl (C=O) groups excluding carboxylic acids is 2. The van der Waals surface area contributed by atoms with E-state index in [1.54, 1.807) is 4.90 Å². The van der Waals surface area contributed by atoms with Crippen molar-refractivity contribution in [3.8, 4) is 0 Å². The van der Waals surface area contributed by atoms with Crippen molar-refractivity contribution in [2.75, 3.05) is 32.8 Å². The van der Waals surface area contributed by atoms with Crippen molar-refractivity contribution in [2.24, 2.45) is 0 Å². The molecule has 0 aromatic heterocycles. The largest absolute Gasteiger partial charge is 0.445 e. The van der Waals surface area contributed by atoms with E-state index in [4.69, 9.17) is 4.74 Å². The van der Waals surface area contributed by atoms with Crippen LogP contribution in [0, 0.1) is 0 Å². The minimum Gasteiger partial charge on any atom is -0.445 e. The van der Waals surface area contributed by atoms with Crippen LogP contribution in [0.5, 0.6) is 0 Å². The molecule has 172 valence electrons. The van der Waals surface area contributed by atoms with Crippen LogP contribution in [0.4, 0.5) is 4.79 Å². The first-order valence-electron chi connectivity index (χ1n) is 11.3. The number of rotatable bonds is 10. The van der Waals surface area contributed by atoms with Gasteiger partial charge in [-0.2, -0.15) is 0 Å². The number of alkyl carbamates (subject to hydrolysis) is 1. The third-order valence-corrected chi connectivity index (χ3v) is 5.72. The van der Waals surface area contributed by atoms with Crippen molar-refractivity contribution in [1.82, 2.24) is 15.1 Å². The van der Waals surface area contributed by atoms with Gasteiger partial charge in [-0.3, -0.25) is 9.69 Å². The van der Waals surface area contributed by atoms with Crippen LogP contribution in [0.15, 0.2) is 60.7 Å². The minimum atomic E-state index is -0.461. The lowest BCUT2D eigenvalue weighted by molar-refractivity contribution is -0.133. The molecule has 1 fully saturated rings. The fourth-order valence-corrected chi connectivity index (χ4v) is 3.92. The summed E-state index contributed by atoms with van der Waals surface area (Å²) in [5.74, 6) is 0.0786. The highest BCUT2D eigenvalue weighted by atomic mass is 16.5. The number of nitrogens with one attached hydrogen (secondary N) is 1. The van der Waals surface area contributed by atoms with Crippen molar-refractivity contribution in [3.63, 3.8) is 0 Å². The summed E-state index contributed by atoms with van der Waals surface area (Å²) in [5, 5.41) is 12.6. The average molecular weight is 440 g/mol. The quantitative estimate of drug-likeness (QED) is 0.557. The van der Waals surface area contributed by atoms with Crippen LogP contribution in [0.25, 0.3) is 0 Å². The summed E-state index contributed by atoms with van der Waals surface area (Å²) in [4.78, 5) is 28.6. The summed E-state index contributed by atoms with van der Waals surface area (Å²) in [6.45, 7) is 3.51. The maximum Gasteiger partial charge on any atom is 0.407 e. The molecule has 1 aliphatic heterocycles. The van der Waals surface area contributed by atoms with Crippen molar-refractivity contribution in [1.29, 1.82) is 0 Å². The second-order valence-corrected chi connectivity index (χ2v) is 8.07. The normalized spacial score (nSPS) is 15.8. The Bertz CT molecular complexity index is 832. The Hall–Kier alpha value is -2.90. The smallest absolute Gasteiger partial charge is 0.407 e. The first-order valence-corrected chi connectivity index (χ1v) is 11.3. The van der Waals surface area contributed by atoms with Gasteiger partial charge in [0.05, 0.1) is 12.6 Å². The van der Waals surface area contributed by atoms with Crippen molar-refractivity contribution < 1.29 is 19.4 Å². The Morgan fingerprint density at radius 2 is 1.69 bits per heavy atom. The number of carbonyl (C=O) groups is 2. The lowest BCUT2D eigenvalue weighted by atomic mass is 10.1. The van der Waals surface area contributed by atoms with Crippen molar-refractivity contribution >= 4 is 12.0 Å². The van der Waals surface area contributed by atoms with Crippen LogP contribution in [0.3, 0.4) is 0 Å². The molecule has 1 aliphatic rings. The highest BCUT2D eigenvalue weighted by Gasteiger charge is 2.26. The van der Waals surface area contributed by atoms with Gasteiger partial charge < -0.3 is 20.1 Å². The van der Waals surface area contributed by atoms with Gasteiger partial charge in [-0.1, -0.05) is 60.7 Å². The van der Waals surface area contributed by atoms with Gasteiger partial charge in [0.1, 0.15) is 6.61 Å². The molecule has 0 bridgehead atoms. The summed E-state index contributed by atoms with van der Waals surface area (Å²) in [6.07, 6.45) is 1.27. The minimum absolute atomic E-state index is 0.0786. The zero-order valence-corrected chi connectivity index (χ0v) is 18.5. The van der Waals surface area contributed by atoms with E-state index in [0.29, 0.717) is 32.4 Å². The van der Waals surface area contributed by atoms with Crippen LogP contribution in [-0.2, 0) is 22.7 Å². The van der Waals surface area contributed by atoms with Gasteiger partial charge in [-0.05, 0) is 24.0 Å². The van der Waals surface area contributed by atoms with Crippen LogP contribution in [-0.4, -0.2) is 65.7 Å². The molecule has 2 aromatic carbocycles. The third kappa shape index (κ3) is 7.66. The van der Waals surface area contributed by atoms with Gasteiger partial charge >= 0.3 is 6.09 Å². The van der Waals surface area contributed by atoms with Crippen LogP contribution >= 0.6 is 0 Å². The molecule has 32 heavy (non-hydrogen) atoms. The Kier molecular flexibility index (Phi) is 9.53. The molecule has 1 saturated heterocycles. The molecule has 7 heteroatoms. The zero-order valence-electron chi connectivity index (χ0n) is 18.5. The number of aliphatic hydroxyl groups is 1. The summed E-state index contributed by atoms with van der Waals surface area (Å²) in [5.41, 5.74) is 2.17. The summed E-state index contributed by atoms with van der Waals surface area (Å²) >= 11 is 0. The molecule has 2 amide bonds. The molecule has 2 N–H and O–H groups in total. The molecule has 0 unspecified atom stereocenters. The molecule has 7 nitrogen and oxygen atoms in total. The van der Waals surface area contributed by atoms with Gasteiger partial charge in [0.15, 0.2) is 0 Å². The van der Waals surface area contributed by atoms with Gasteiger partial charge in [0.2, 0.25) is 5.91 Å². The number of nitrogens with zero attached hydrogens (tertiary/aromatic N) is 2. The number of hydrogen-bond donors (Lipinski definition) is 2. The number of amides is 2. The standard InChI is InChI=1S/C25H33N3O4/c29-19-23(12-7-14-26-25(31)32-20-22-10-5-2-6-11-22)28-17-16-27(15-13-24(28)30)18-21-8-3-1-4-9-21/h1-6,8-11,23,29H,7,12-20H2,(H,26,31)/t23-/m0/s1. The molecule has 1 atom stereocenters. The summed E-state index contributed by atoms with van der Waals surface area (Å²) in [6, 6.07) is 19.5. The zero-order chi connectivity index (χ0) is 22.6. The molecule has 0 aliphatic carbocycles. The lowest BCUT2D eigenvalue weighted by Crippen LogP contribution is -2.44. The average Bonchev–Trinajstić information content (AvgIpc) is 3.01. The SMILES string of the molecule is O=C(NCCC[C@@H](CO)N1CCN(Cc2ccccc2)CCC1=O)OCc1ccccc1. The summed E-state index contributed by atoms with van der Waals surface area (Å²) in [7, 11) is 0. The number of ether oxygens (including phenoxy) is 1. The summed E-state index contributed by atoms with van der Waals surface area (Å²) < 4.78 is 5.20. The van der Waals surface area contributed by atoms with E-state index in [-0.39, 0.29) is 25.2 Å². The van der Waals surface area contributed by atoms with Gasteiger partial charge in [-0.15, -0.1) is 0 Å². The maximum atomic E-state index is 12.7. The molecule has 3 rings (SSSR count). The maximum absolute atomic E-state index is 12.7. The molecule has 0 spiro atoms. The van der Waals surface area contributed by atoms with E-state index in [1.165, 1.54) is 5.56 Å².